The summed E-state index contributed by atoms with van der Waals surface area (Å²) in [5.41, 5.74) is 2.60. The van der Waals surface area contributed by atoms with Crippen LogP contribution in [0.1, 0.15) is 29.5 Å². The van der Waals surface area contributed by atoms with Crippen LogP contribution >= 0.6 is 0 Å². The van der Waals surface area contributed by atoms with Crippen molar-refractivity contribution in [2.45, 2.75) is 57.2 Å². The standard InChI is InChI=1S/C19H22O7/c1-9-14(25-19-16(22)15(21)13(20)8-24-19)7-6-11-10-4-2-3-5-12(10)18(23)26-17(9)11/h6-7,13,15-16,19-22H,2-5,8H2,1H3/t13-,15+,16-,19+/m0/s1. The summed E-state index contributed by atoms with van der Waals surface area (Å²) in [5.74, 6) is 0.393. The van der Waals surface area contributed by atoms with Gasteiger partial charge >= 0.3 is 5.63 Å². The van der Waals surface area contributed by atoms with Crippen LogP contribution in [0.2, 0.25) is 0 Å². The molecule has 1 aliphatic heterocycles. The van der Waals surface area contributed by atoms with Gasteiger partial charge in [-0.15, -0.1) is 0 Å². The molecule has 0 saturated carbocycles. The second-order valence-corrected chi connectivity index (χ2v) is 6.99. The van der Waals surface area contributed by atoms with Gasteiger partial charge in [-0.2, -0.15) is 0 Å². The number of ether oxygens (including phenoxy) is 2. The zero-order valence-corrected chi connectivity index (χ0v) is 14.5. The minimum absolute atomic E-state index is 0.141. The number of fused-ring (bicyclic) bond motifs is 3. The third kappa shape index (κ3) is 2.81. The molecule has 0 bridgehead atoms. The van der Waals surface area contributed by atoms with Gasteiger partial charge in [0.2, 0.25) is 6.29 Å². The summed E-state index contributed by atoms with van der Waals surface area (Å²) in [4.78, 5) is 12.3. The number of aryl methyl sites for hydroxylation is 2. The average molecular weight is 362 g/mol. The molecule has 0 spiro atoms. The number of hydrogen-bond acceptors (Lipinski definition) is 7. The Labute approximate surface area is 149 Å². The lowest BCUT2D eigenvalue weighted by atomic mass is 9.90. The average Bonchev–Trinajstić information content (AvgIpc) is 2.65. The highest BCUT2D eigenvalue weighted by atomic mass is 16.7. The summed E-state index contributed by atoms with van der Waals surface area (Å²) in [6.07, 6.45) is -1.37. The number of aliphatic hydroxyl groups is 3. The van der Waals surface area contributed by atoms with E-state index in [0.717, 1.165) is 42.2 Å². The maximum absolute atomic E-state index is 12.3. The molecular formula is C19H22O7. The minimum Gasteiger partial charge on any atom is -0.462 e. The van der Waals surface area contributed by atoms with Gasteiger partial charge in [-0.05, 0) is 50.3 Å². The maximum atomic E-state index is 12.3. The molecule has 2 aromatic rings. The van der Waals surface area contributed by atoms with Crippen LogP contribution in [0.15, 0.2) is 21.3 Å². The molecule has 0 radical (unpaired) electrons. The fraction of sp³-hybridized carbons (Fsp3) is 0.526. The van der Waals surface area contributed by atoms with Crippen molar-refractivity contribution in [2.75, 3.05) is 6.61 Å². The lowest BCUT2D eigenvalue weighted by Gasteiger charge is -2.35. The Hall–Kier alpha value is -1.93. The van der Waals surface area contributed by atoms with Crippen LogP contribution in [-0.4, -0.2) is 46.5 Å². The molecule has 1 fully saturated rings. The van der Waals surface area contributed by atoms with Crippen molar-refractivity contribution in [2.24, 2.45) is 0 Å². The topological polar surface area (TPSA) is 109 Å². The highest BCUT2D eigenvalue weighted by Crippen LogP contribution is 2.33. The van der Waals surface area contributed by atoms with E-state index in [1.165, 1.54) is 0 Å². The number of hydrogen-bond donors (Lipinski definition) is 3. The van der Waals surface area contributed by atoms with E-state index >= 15 is 0 Å². The molecular weight excluding hydrogens is 340 g/mol. The molecule has 1 aliphatic carbocycles. The molecule has 0 amide bonds. The van der Waals surface area contributed by atoms with Crippen LogP contribution < -0.4 is 10.4 Å². The van der Waals surface area contributed by atoms with Crippen LogP contribution in [-0.2, 0) is 17.6 Å². The third-order valence-corrected chi connectivity index (χ3v) is 5.29. The van der Waals surface area contributed by atoms with Gasteiger partial charge in [-0.1, -0.05) is 0 Å². The van der Waals surface area contributed by atoms with E-state index in [9.17, 15) is 20.1 Å². The van der Waals surface area contributed by atoms with E-state index in [2.05, 4.69) is 0 Å². The van der Waals surface area contributed by atoms with E-state index in [-0.39, 0.29) is 12.2 Å². The second kappa shape index (κ2) is 6.66. The summed E-state index contributed by atoms with van der Waals surface area (Å²) in [5, 5.41) is 30.3. The van der Waals surface area contributed by atoms with Gasteiger partial charge in [0.25, 0.3) is 0 Å². The monoisotopic (exact) mass is 362 g/mol. The van der Waals surface area contributed by atoms with E-state index < -0.39 is 24.6 Å². The normalized spacial score (nSPS) is 28.8. The molecule has 26 heavy (non-hydrogen) atoms. The minimum atomic E-state index is -1.38. The zero-order valence-electron chi connectivity index (χ0n) is 14.5. The fourth-order valence-electron chi connectivity index (χ4n) is 3.76. The molecule has 140 valence electrons. The summed E-state index contributed by atoms with van der Waals surface area (Å²) in [6.45, 7) is 1.63. The Balaban J connectivity index is 1.71. The Morgan fingerprint density at radius 1 is 1.08 bits per heavy atom. The number of rotatable bonds is 2. The van der Waals surface area contributed by atoms with Gasteiger partial charge in [0.15, 0.2) is 0 Å². The smallest absolute Gasteiger partial charge is 0.339 e. The maximum Gasteiger partial charge on any atom is 0.339 e. The van der Waals surface area contributed by atoms with Gasteiger partial charge in [-0.3, -0.25) is 0 Å². The first-order chi connectivity index (χ1) is 12.5. The molecule has 2 aliphatic rings. The number of benzene rings is 1. The molecule has 4 atom stereocenters. The van der Waals surface area contributed by atoms with Crippen molar-refractivity contribution in [1.82, 2.24) is 0 Å². The predicted molar refractivity (Wildman–Crippen MR) is 92.3 cm³/mol. The molecule has 7 heteroatoms. The summed E-state index contributed by atoms with van der Waals surface area (Å²) < 4.78 is 16.5. The Morgan fingerprint density at radius 2 is 1.81 bits per heavy atom. The van der Waals surface area contributed by atoms with Crippen molar-refractivity contribution in [3.63, 3.8) is 0 Å². The van der Waals surface area contributed by atoms with E-state index in [1.54, 1.807) is 13.0 Å². The van der Waals surface area contributed by atoms with Crippen molar-refractivity contribution in [3.05, 3.63) is 39.2 Å². The highest BCUT2D eigenvalue weighted by molar-refractivity contribution is 5.86. The molecule has 2 heterocycles. The van der Waals surface area contributed by atoms with Gasteiger partial charge < -0.3 is 29.2 Å². The first-order valence-corrected chi connectivity index (χ1v) is 8.88. The Bertz CT molecular complexity index is 888. The molecule has 7 nitrogen and oxygen atoms in total. The molecule has 1 aromatic heterocycles. The van der Waals surface area contributed by atoms with Gasteiger partial charge in [-0.25, -0.2) is 4.79 Å². The largest absolute Gasteiger partial charge is 0.462 e. The molecule has 4 rings (SSSR count). The van der Waals surface area contributed by atoms with Crippen LogP contribution in [0.4, 0.5) is 0 Å². The summed E-state index contributed by atoms with van der Waals surface area (Å²) in [7, 11) is 0. The van der Waals surface area contributed by atoms with Gasteiger partial charge in [0.05, 0.1) is 6.61 Å². The van der Waals surface area contributed by atoms with Crippen molar-refractivity contribution in [3.8, 4) is 5.75 Å². The van der Waals surface area contributed by atoms with E-state index in [1.807, 2.05) is 6.07 Å². The Morgan fingerprint density at radius 3 is 2.58 bits per heavy atom. The van der Waals surface area contributed by atoms with Crippen LogP contribution in [0.3, 0.4) is 0 Å². The zero-order chi connectivity index (χ0) is 18.4. The predicted octanol–water partition coefficient (Wildman–Crippen LogP) is 0.798. The lowest BCUT2D eigenvalue weighted by molar-refractivity contribution is -0.242. The molecule has 0 unspecified atom stereocenters. The lowest BCUT2D eigenvalue weighted by Crippen LogP contribution is -2.54. The SMILES string of the molecule is Cc1c(O[C@H]2OC[C@H](O)[C@@H](O)[C@@H]2O)ccc2c3c(c(=O)oc12)CCCC3. The number of aliphatic hydroxyl groups excluding tert-OH is 3. The highest BCUT2D eigenvalue weighted by Gasteiger charge is 2.39. The fourth-order valence-corrected chi connectivity index (χ4v) is 3.76. The van der Waals surface area contributed by atoms with Crippen LogP contribution in [0.5, 0.6) is 5.75 Å². The van der Waals surface area contributed by atoms with Gasteiger partial charge in [0.1, 0.15) is 29.6 Å². The molecule has 1 saturated heterocycles. The third-order valence-electron chi connectivity index (χ3n) is 5.29. The van der Waals surface area contributed by atoms with Gasteiger partial charge in [0, 0.05) is 16.5 Å². The first kappa shape index (κ1) is 17.5. The summed E-state index contributed by atoms with van der Waals surface area (Å²) >= 11 is 0. The molecule has 1 aromatic carbocycles. The van der Waals surface area contributed by atoms with Crippen LogP contribution in [0.25, 0.3) is 11.0 Å². The van der Waals surface area contributed by atoms with Crippen molar-refractivity contribution >= 4 is 11.0 Å². The quantitative estimate of drug-likeness (QED) is 0.678. The molecule has 3 N–H and O–H groups in total. The summed E-state index contributed by atoms with van der Waals surface area (Å²) in [6, 6.07) is 3.60. The van der Waals surface area contributed by atoms with Crippen LogP contribution in [0, 0.1) is 6.92 Å². The first-order valence-electron chi connectivity index (χ1n) is 8.88. The van der Waals surface area contributed by atoms with Crippen molar-refractivity contribution in [1.29, 1.82) is 0 Å². The van der Waals surface area contributed by atoms with E-state index in [4.69, 9.17) is 13.9 Å². The second-order valence-electron chi connectivity index (χ2n) is 6.99. The Kier molecular flexibility index (Phi) is 4.48. The van der Waals surface area contributed by atoms with E-state index in [0.29, 0.717) is 16.9 Å². The van der Waals surface area contributed by atoms with Crippen molar-refractivity contribution < 1.29 is 29.2 Å².